The molecule has 0 aliphatic carbocycles. The van der Waals surface area contributed by atoms with Crippen LogP contribution in [-0.4, -0.2) is 47.7 Å². The van der Waals surface area contributed by atoms with Crippen molar-refractivity contribution in [3.63, 3.8) is 0 Å². The second kappa shape index (κ2) is 9.10. The van der Waals surface area contributed by atoms with Gasteiger partial charge in [0.15, 0.2) is 0 Å². The minimum atomic E-state index is -2.43. The summed E-state index contributed by atoms with van der Waals surface area (Å²) < 4.78 is 19.3. The summed E-state index contributed by atoms with van der Waals surface area (Å²) in [4.78, 5) is 0. The van der Waals surface area contributed by atoms with Gasteiger partial charge in [-0.15, -0.1) is 0 Å². The topological polar surface area (TPSA) is 36.9 Å². The molecule has 4 nitrogen and oxygen atoms in total. The lowest BCUT2D eigenvalue weighted by Crippen LogP contribution is -2.40. The Morgan fingerprint density at radius 2 is 1.33 bits per heavy atom. The SMILES string of the molecule is C=C[Si](OC)(OC)OC.CO[SiH3]. The van der Waals surface area contributed by atoms with E-state index in [1.54, 1.807) is 34.1 Å². The molecule has 0 radical (unpaired) electrons. The Morgan fingerprint density at radius 1 is 1.08 bits per heavy atom. The van der Waals surface area contributed by atoms with Gasteiger partial charge in [-0.2, -0.15) is 0 Å². The minimum Gasteiger partial charge on any atom is -0.431 e. The van der Waals surface area contributed by atoms with Crippen LogP contribution in [0.2, 0.25) is 0 Å². The molecule has 0 bridgehead atoms. The summed E-state index contributed by atoms with van der Waals surface area (Å²) in [5, 5.41) is 0. The quantitative estimate of drug-likeness (QED) is 0.587. The average molecular weight is 210 g/mol. The molecule has 0 spiro atoms. The molecule has 0 aliphatic rings. The van der Waals surface area contributed by atoms with E-state index < -0.39 is 8.80 Å². The average Bonchev–Trinajstić information content (AvgIpc) is 2.11. The first kappa shape index (κ1) is 14.5. The molecule has 6 heteroatoms. The molecular weight excluding hydrogens is 192 g/mol. The zero-order valence-electron chi connectivity index (χ0n) is 8.42. The fraction of sp³-hybridized carbons (Fsp3) is 0.667. The highest BCUT2D eigenvalue weighted by Gasteiger charge is 2.33. The lowest BCUT2D eigenvalue weighted by atomic mass is 11.3. The molecule has 0 fully saturated rings. The normalized spacial score (nSPS) is 10.3. The highest BCUT2D eigenvalue weighted by molar-refractivity contribution is 6.66. The van der Waals surface area contributed by atoms with Crippen LogP contribution in [0, 0.1) is 0 Å². The van der Waals surface area contributed by atoms with Crippen LogP contribution in [-0.2, 0) is 17.7 Å². The summed E-state index contributed by atoms with van der Waals surface area (Å²) in [6.07, 6.45) is 0. The predicted molar refractivity (Wildman–Crippen MR) is 53.9 cm³/mol. The molecule has 0 heterocycles. The first-order chi connectivity index (χ1) is 5.66. The number of hydrogen-bond acceptors (Lipinski definition) is 4. The molecule has 0 amide bonds. The maximum atomic E-state index is 4.96. The first-order valence-electron chi connectivity index (χ1n) is 3.35. The smallest absolute Gasteiger partial charge is 0.431 e. The molecule has 0 saturated heterocycles. The van der Waals surface area contributed by atoms with Crippen LogP contribution in [0.3, 0.4) is 0 Å². The Kier molecular flexibility index (Phi) is 11.0. The molecule has 0 aromatic carbocycles. The summed E-state index contributed by atoms with van der Waals surface area (Å²) in [5.74, 6) is 0. The van der Waals surface area contributed by atoms with Crippen LogP contribution in [0.4, 0.5) is 0 Å². The number of rotatable bonds is 4. The summed E-state index contributed by atoms with van der Waals surface area (Å²) in [5.41, 5.74) is 1.58. The molecule has 12 heavy (non-hydrogen) atoms. The molecule has 0 N–H and O–H groups in total. The van der Waals surface area contributed by atoms with E-state index in [-0.39, 0.29) is 0 Å². The zero-order valence-corrected chi connectivity index (χ0v) is 11.4. The Labute approximate surface area is 78.4 Å². The van der Waals surface area contributed by atoms with Crippen molar-refractivity contribution < 1.29 is 17.7 Å². The van der Waals surface area contributed by atoms with Gasteiger partial charge in [0.1, 0.15) is 10.5 Å². The highest BCUT2D eigenvalue weighted by atomic mass is 28.4. The molecule has 0 atom stereocenters. The molecule has 0 aliphatic heterocycles. The monoisotopic (exact) mass is 210 g/mol. The Hall–Kier alpha value is 0.0138. The second-order valence-electron chi connectivity index (χ2n) is 1.83. The third kappa shape index (κ3) is 5.64. The van der Waals surface area contributed by atoms with Crippen molar-refractivity contribution in [1.29, 1.82) is 0 Å². The van der Waals surface area contributed by atoms with Crippen LogP contribution in [0.5, 0.6) is 0 Å². The van der Waals surface area contributed by atoms with Crippen molar-refractivity contribution >= 4 is 19.3 Å². The lowest BCUT2D eigenvalue weighted by molar-refractivity contribution is 0.138. The fourth-order valence-electron chi connectivity index (χ4n) is 0.500. The maximum Gasteiger partial charge on any atom is 0.528 e. The van der Waals surface area contributed by atoms with E-state index in [9.17, 15) is 0 Å². The van der Waals surface area contributed by atoms with Crippen molar-refractivity contribution in [2.45, 2.75) is 0 Å². The zero-order chi connectivity index (χ0) is 10.0. The van der Waals surface area contributed by atoms with Gasteiger partial charge in [-0.1, -0.05) is 6.58 Å². The molecule has 0 aromatic heterocycles. The van der Waals surface area contributed by atoms with E-state index in [0.717, 1.165) is 10.5 Å². The third-order valence-corrected chi connectivity index (χ3v) is 3.31. The highest BCUT2D eigenvalue weighted by Crippen LogP contribution is 2.04. The summed E-state index contributed by atoms with van der Waals surface area (Å²) in [7, 11) is 4.76. The summed E-state index contributed by atoms with van der Waals surface area (Å²) in [6, 6.07) is 0. The van der Waals surface area contributed by atoms with Crippen LogP contribution in [0.15, 0.2) is 12.3 Å². The molecule has 0 saturated carbocycles. The van der Waals surface area contributed by atoms with Crippen LogP contribution in [0.25, 0.3) is 0 Å². The minimum absolute atomic E-state index is 0.869. The van der Waals surface area contributed by atoms with Gasteiger partial charge in [0.05, 0.1) is 0 Å². The van der Waals surface area contributed by atoms with Gasteiger partial charge >= 0.3 is 8.80 Å². The molecular formula is C6H18O4Si2. The van der Waals surface area contributed by atoms with Gasteiger partial charge in [-0.3, -0.25) is 0 Å². The van der Waals surface area contributed by atoms with E-state index in [1.807, 2.05) is 0 Å². The fourth-order valence-corrected chi connectivity index (χ4v) is 1.50. The van der Waals surface area contributed by atoms with Crippen molar-refractivity contribution in [1.82, 2.24) is 0 Å². The van der Waals surface area contributed by atoms with Crippen molar-refractivity contribution in [2.75, 3.05) is 28.4 Å². The van der Waals surface area contributed by atoms with Crippen LogP contribution < -0.4 is 0 Å². The van der Waals surface area contributed by atoms with Crippen molar-refractivity contribution in [2.24, 2.45) is 0 Å². The first-order valence-corrected chi connectivity index (χ1v) is 5.97. The summed E-state index contributed by atoms with van der Waals surface area (Å²) in [6.45, 7) is 3.53. The van der Waals surface area contributed by atoms with Crippen LogP contribution >= 0.6 is 0 Å². The third-order valence-electron chi connectivity index (χ3n) is 1.10. The molecule has 74 valence electrons. The molecule has 0 rings (SSSR count). The maximum absolute atomic E-state index is 4.96. The summed E-state index contributed by atoms with van der Waals surface area (Å²) >= 11 is 0. The molecule has 0 unspecified atom stereocenters. The predicted octanol–water partition coefficient (Wildman–Crippen LogP) is -0.497. The van der Waals surface area contributed by atoms with Crippen molar-refractivity contribution in [3.05, 3.63) is 12.3 Å². The largest absolute Gasteiger partial charge is 0.528 e. The van der Waals surface area contributed by atoms with Gasteiger partial charge in [0.25, 0.3) is 0 Å². The Bertz CT molecular complexity index is 97.5. The number of hydrogen-bond donors (Lipinski definition) is 0. The Balaban J connectivity index is 0. The van der Waals surface area contributed by atoms with Gasteiger partial charge in [0.2, 0.25) is 0 Å². The van der Waals surface area contributed by atoms with Crippen LogP contribution in [0.1, 0.15) is 0 Å². The van der Waals surface area contributed by atoms with E-state index in [1.165, 1.54) is 0 Å². The van der Waals surface area contributed by atoms with Gasteiger partial charge < -0.3 is 17.7 Å². The lowest BCUT2D eigenvalue weighted by Gasteiger charge is -2.19. The van der Waals surface area contributed by atoms with Gasteiger partial charge in [0, 0.05) is 28.4 Å². The van der Waals surface area contributed by atoms with Gasteiger partial charge in [-0.05, 0) is 5.70 Å². The van der Waals surface area contributed by atoms with E-state index in [0.29, 0.717) is 0 Å². The standard InChI is InChI=1S/C5H12O3Si.CH6OSi/c1-5-9(6-2,7-3)8-4;1-2-3/h5H,1H2,2-4H3;1,3H3. The van der Waals surface area contributed by atoms with Crippen molar-refractivity contribution in [3.8, 4) is 0 Å². The van der Waals surface area contributed by atoms with E-state index >= 15 is 0 Å². The van der Waals surface area contributed by atoms with E-state index in [4.69, 9.17) is 13.3 Å². The second-order valence-corrected chi connectivity index (χ2v) is 5.48. The Morgan fingerprint density at radius 3 is 1.33 bits per heavy atom. The molecule has 0 aromatic rings. The van der Waals surface area contributed by atoms with E-state index in [2.05, 4.69) is 11.0 Å². The van der Waals surface area contributed by atoms with Gasteiger partial charge in [-0.25, -0.2) is 0 Å².